The smallest absolute Gasteiger partial charge is 0.435 e. The van der Waals surface area contributed by atoms with Crippen LogP contribution in [-0.4, -0.2) is 26.4 Å². The summed E-state index contributed by atoms with van der Waals surface area (Å²) >= 11 is 0. The first-order valence-corrected chi connectivity index (χ1v) is 6.63. The maximum Gasteiger partial charge on any atom is 0.435 e. The zero-order valence-corrected chi connectivity index (χ0v) is 11.9. The van der Waals surface area contributed by atoms with E-state index in [2.05, 4.69) is 15.2 Å². The Balaban J connectivity index is 2.17. The van der Waals surface area contributed by atoms with Crippen molar-refractivity contribution >= 4 is 10.9 Å². The number of H-pyrrole nitrogens is 1. The number of aromatic amines is 1. The Hall–Kier alpha value is -2.51. The minimum absolute atomic E-state index is 0.0860. The number of hydrogen-bond acceptors (Lipinski definition) is 3. The number of hydrogen-bond donors (Lipinski definition) is 1. The fourth-order valence-electron chi connectivity index (χ4n) is 2.27. The molecule has 3 aromatic rings. The number of imidazole rings is 1. The highest BCUT2D eigenvalue weighted by molar-refractivity contribution is 5.83. The van der Waals surface area contributed by atoms with Gasteiger partial charge in [0.2, 0.25) is 0 Å². The highest BCUT2D eigenvalue weighted by Crippen LogP contribution is 2.32. The van der Waals surface area contributed by atoms with Crippen molar-refractivity contribution < 1.29 is 17.9 Å². The first-order valence-electron chi connectivity index (χ1n) is 6.63. The Bertz CT molecular complexity index is 819. The first kappa shape index (κ1) is 14.4. The average Bonchev–Trinajstić information content (AvgIpc) is 3.04. The van der Waals surface area contributed by atoms with E-state index in [4.69, 9.17) is 4.74 Å². The summed E-state index contributed by atoms with van der Waals surface area (Å²) in [5.74, 6) is 0. The van der Waals surface area contributed by atoms with Gasteiger partial charge in [0.05, 0.1) is 24.0 Å². The summed E-state index contributed by atoms with van der Waals surface area (Å²) in [7, 11) is 0. The van der Waals surface area contributed by atoms with E-state index in [1.165, 1.54) is 4.57 Å². The molecule has 0 saturated heterocycles. The van der Waals surface area contributed by atoms with Gasteiger partial charge < -0.3 is 4.74 Å². The topological polar surface area (TPSA) is 55.7 Å². The molecule has 0 aliphatic rings. The number of rotatable bonds is 3. The summed E-state index contributed by atoms with van der Waals surface area (Å²) < 4.78 is 45.1. The molecule has 0 aliphatic heterocycles. The van der Waals surface area contributed by atoms with Gasteiger partial charge in [0.1, 0.15) is 0 Å². The second-order valence-electron chi connectivity index (χ2n) is 4.81. The number of fused-ring (bicyclic) bond motifs is 1. The van der Waals surface area contributed by atoms with Gasteiger partial charge in [-0.3, -0.25) is 9.67 Å². The molecule has 3 rings (SSSR count). The number of nitrogens with zero attached hydrogens (tertiary/aromatic N) is 3. The second kappa shape index (κ2) is 5.04. The van der Waals surface area contributed by atoms with Crippen LogP contribution in [0.1, 0.15) is 18.2 Å². The predicted octanol–water partition coefficient (Wildman–Crippen LogP) is 3.47. The van der Waals surface area contributed by atoms with E-state index in [9.17, 15) is 13.2 Å². The molecule has 0 atom stereocenters. The highest BCUT2D eigenvalue weighted by Gasteiger charge is 2.35. The fourth-order valence-corrected chi connectivity index (χ4v) is 2.27. The van der Waals surface area contributed by atoms with Crippen molar-refractivity contribution in [3.63, 3.8) is 0 Å². The van der Waals surface area contributed by atoms with Gasteiger partial charge in [0, 0.05) is 11.6 Å². The number of benzene rings is 1. The zero-order valence-electron chi connectivity index (χ0n) is 11.9. The van der Waals surface area contributed by atoms with Crippen LogP contribution in [-0.2, 0) is 6.18 Å². The number of halogens is 3. The van der Waals surface area contributed by atoms with Crippen molar-refractivity contribution in [2.45, 2.75) is 20.0 Å². The molecule has 8 heteroatoms. The Morgan fingerprint density at radius 1 is 1.32 bits per heavy atom. The van der Waals surface area contributed by atoms with Crippen LogP contribution < -0.4 is 4.74 Å². The fraction of sp³-hybridized carbons (Fsp3) is 0.286. The van der Waals surface area contributed by atoms with Crippen LogP contribution in [0.3, 0.4) is 0 Å². The van der Waals surface area contributed by atoms with Crippen LogP contribution >= 0.6 is 0 Å². The Morgan fingerprint density at radius 2 is 2.09 bits per heavy atom. The van der Waals surface area contributed by atoms with E-state index in [0.717, 1.165) is 22.7 Å². The van der Waals surface area contributed by atoms with Gasteiger partial charge in [-0.05, 0) is 31.5 Å². The molecule has 2 heterocycles. The largest absolute Gasteiger partial charge is 0.465 e. The SMILES string of the molecule is CCOc1nc(C(F)(F)F)cn1-c1cc(C)c2[nH]ncc2c1. The zero-order chi connectivity index (χ0) is 15.9. The number of alkyl halides is 3. The second-order valence-corrected chi connectivity index (χ2v) is 4.81. The van der Waals surface area contributed by atoms with Crippen molar-refractivity contribution in [3.05, 3.63) is 35.8 Å². The van der Waals surface area contributed by atoms with E-state index in [1.807, 2.05) is 6.92 Å². The van der Waals surface area contributed by atoms with Gasteiger partial charge in [0.15, 0.2) is 5.69 Å². The lowest BCUT2D eigenvalue weighted by Crippen LogP contribution is -2.05. The molecule has 2 aromatic heterocycles. The van der Waals surface area contributed by atoms with Crippen molar-refractivity contribution in [2.24, 2.45) is 0 Å². The molecule has 0 fully saturated rings. The quantitative estimate of drug-likeness (QED) is 0.806. The van der Waals surface area contributed by atoms with Crippen LogP contribution in [0.4, 0.5) is 13.2 Å². The van der Waals surface area contributed by atoms with Crippen LogP contribution in [0.15, 0.2) is 24.5 Å². The van der Waals surface area contributed by atoms with E-state index in [0.29, 0.717) is 5.69 Å². The molecular formula is C14H13F3N4O. The van der Waals surface area contributed by atoms with Gasteiger partial charge in [-0.2, -0.15) is 23.3 Å². The monoisotopic (exact) mass is 310 g/mol. The van der Waals surface area contributed by atoms with Crippen molar-refractivity contribution in [1.29, 1.82) is 0 Å². The van der Waals surface area contributed by atoms with E-state index in [1.54, 1.807) is 25.3 Å². The summed E-state index contributed by atoms with van der Waals surface area (Å²) in [5, 5.41) is 7.59. The normalized spacial score (nSPS) is 12.0. The molecule has 0 amide bonds. The summed E-state index contributed by atoms with van der Waals surface area (Å²) in [6.07, 6.45) is -1.97. The maximum absolute atomic E-state index is 12.9. The molecule has 0 aliphatic carbocycles. The lowest BCUT2D eigenvalue weighted by atomic mass is 10.1. The lowest BCUT2D eigenvalue weighted by molar-refractivity contribution is -0.141. The number of aryl methyl sites for hydroxylation is 1. The maximum atomic E-state index is 12.9. The van der Waals surface area contributed by atoms with Gasteiger partial charge in [0.25, 0.3) is 0 Å². The number of ether oxygens (including phenoxy) is 1. The third kappa shape index (κ3) is 2.40. The molecular weight excluding hydrogens is 297 g/mol. The molecule has 5 nitrogen and oxygen atoms in total. The van der Waals surface area contributed by atoms with Crippen LogP contribution in [0.5, 0.6) is 6.01 Å². The molecule has 116 valence electrons. The molecule has 1 N–H and O–H groups in total. The Kier molecular flexibility index (Phi) is 3.31. The minimum Gasteiger partial charge on any atom is -0.465 e. The molecule has 0 saturated carbocycles. The molecule has 0 spiro atoms. The van der Waals surface area contributed by atoms with E-state index < -0.39 is 11.9 Å². The Labute approximate surface area is 123 Å². The van der Waals surface area contributed by atoms with Crippen molar-refractivity contribution in [3.8, 4) is 11.7 Å². The first-order chi connectivity index (χ1) is 10.4. The average molecular weight is 310 g/mol. The van der Waals surface area contributed by atoms with Crippen LogP contribution in [0.25, 0.3) is 16.6 Å². The minimum atomic E-state index is -4.52. The molecule has 1 aromatic carbocycles. The van der Waals surface area contributed by atoms with Crippen molar-refractivity contribution in [2.75, 3.05) is 6.61 Å². The van der Waals surface area contributed by atoms with E-state index in [-0.39, 0.29) is 12.6 Å². The molecule has 0 radical (unpaired) electrons. The molecule has 22 heavy (non-hydrogen) atoms. The summed E-state index contributed by atoms with van der Waals surface area (Å²) in [6.45, 7) is 3.77. The Morgan fingerprint density at radius 3 is 2.77 bits per heavy atom. The van der Waals surface area contributed by atoms with Crippen molar-refractivity contribution in [1.82, 2.24) is 19.7 Å². The molecule has 0 unspecified atom stereocenters. The predicted molar refractivity (Wildman–Crippen MR) is 74.1 cm³/mol. The summed E-state index contributed by atoms with van der Waals surface area (Å²) in [5.41, 5.74) is 1.27. The van der Waals surface area contributed by atoms with Crippen LogP contribution in [0.2, 0.25) is 0 Å². The molecule has 0 bridgehead atoms. The van der Waals surface area contributed by atoms with Crippen LogP contribution in [0, 0.1) is 6.92 Å². The third-order valence-corrected chi connectivity index (χ3v) is 3.25. The van der Waals surface area contributed by atoms with Gasteiger partial charge in [-0.15, -0.1) is 0 Å². The number of nitrogens with one attached hydrogen (secondary N) is 1. The van der Waals surface area contributed by atoms with Gasteiger partial charge in [-0.25, -0.2) is 0 Å². The lowest BCUT2D eigenvalue weighted by Gasteiger charge is -2.09. The number of aromatic nitrogens is 4. The summed E-state index contributed by atoms with van der Waals surface area (Å²) in [6, 6.07) is 3.40. The van der Waals surface area contributed by atoms with Gasteiger partial charge >= 0.3 is 12.2 Å². The van der Waals surface area contributed by atoms with E-state index >= 15 is 0 Å². The highest BCUT2D eigenvalue weighted by atomic mass is 19.4. The van der Waals surface area contributed by atoms with Gasteiger partial charge in [-0.1, -0.05) is 0 Å². The summed E-state index contributed by atoms with van der Waals surface area (Å²) in [4.78, 5) is 3.54. The standard InChI is InChI=1S/C14H13F3N4O/c1-3-22-13-19-11(14(15,16)17)7-21(13)10-4-8(2)12-9(5-10)6-18-20-12/h4-7H,3H2,1-2H3,(H,18,20). The third-order valence-electron chi connectivity index (χ3n) is 3.25.